The molecule has 1 heterocycles. The summed E-state index contributed by atoms with van der Waals surface area (Å²) in [5, 5.41) is 0. The first-order valence-corrected chi connectivity index (χ1v) is 6.71. The van der Waals surface area contributed by atoms with Crippen LogP contribution in [0.3, 0.4) is 0 Å². The second-order valence-electron chi connectivity index (χ2n) is 5.26. The van der Waals surface area contributed by atoms with Crippen molar-refractivity contribution in [3.8, 4) is 11.6 Å². The van der Waals surface area contributed by atoms with Crippen LogP contribution in [0.25, 0.3) is 0 Å². The van der Waals surface area contributed by atoms with Gasteiger partial charge in [-0.1, -0.05) is 32.9 Å². The quantitative estimate of drug-likeness (QED) is 0.910. The van der Waals surface area contributed by atoms with Crippen LogP contribution in [0.15, 0.2) is 35.1 Å². The standard InChI is InChI=1S/C14H16BrN3O/c1-14(2,3)9-5-4-6-10(7-9)19-13-11(15)12(16)17-8-18-13/h4-8H,1-3H3,(H2,16,17,18). The lowest BCUT2D eigenvalue weighted by molar-refractivity contribution is 0.455. The summed E-state index contributed by atoms with van der Waals surface area (Å²) in [5.74, 6) is 1.50. The zero-order valence-electron chi connectivity index (χ0n) is 11.1. The lowest BCUT2D eigenvalue weighted by Crippen LogP contribution is -2.10. The monoisotopic (exact) mass is 321 g/mol. The van der Waals surface area contributed by atoms with Crippen LogP contribution in [-0.4, -0.2) is 9.97 Å². The lowest BCUT2D eigenvalue weighted by atomic mass is 9.87. The number of benzene rings is 1. The number of nitrogens with zero attached hydrogens (tertiary/aromatic N) is 2. The van der Waals surface area contributed by atoms with Gasteiger partial charge in [0.2, 0.25) is 5.88 Å². The van der Waals surface area contributed by atoms with Gasteiger partial charge < -0.3 is 10.5 Å². The average Bonchev–Trinajstić information content (AvgIpc) is 2.34. The molecule has 0 amide bonds. The Morgan fingerprint density at radius 3 is 2.63 bits per heavy atom. The summed E-state index contributed by atoms with van der Waals surface area (Å²) in [4.78, 5) is 7.94. The van der Waals surface area contributed by atoms with E-state index in [9.17, 15) is 0 Å². The van der Waals surface area contributed by atoms with Crippen molar-refractivity contribution in [1.29, 1.82) is 0 Å². The minimum Gasteiger partial charge on any atom is -0.438 e. The van der Waals surface area contributed by atoms with Crippen LogP contribution < -0.4 is 10.5 Å². The van der Waals surface area contributed by atoms with Gasteiger partial charge >= 0.3 is 0 Å². The molecule has 0 radical (unpaired) electrons. The van der Waals surface area contributed by atoms with Gasteiger partial charge in [-0.05, 0) is 39.0 Å². The molecule has 1 aromatic carbocycles. The van der Waals surface area contributed by atoms with Crippen LogP contribution in [0.5, 0.6) is 11.6 Å². The summed E-state index contributed by atoms with van der Waals surface area (Å²) >= 11 is 3.32. The number of nitrogens with two attached hydrogens (primary N) is 1. The van der Waals surface area contributed by atoms with Gasteiger partial charge in [-0.15, -0.1) is 0 Å². The van der Waals surface area contributed by atoms with Gasteiger partial charge in [-0.2, -0.15) is 0 Å². The van der Waals surface area contributed by atoms with Crippen LogP contribution in [0.2, 0.25) is 0 Å². The molecule has 0 saturated heterocycles. The van der Waals surface area contributed by atoms with Crippen LogP contribution in [0.1, 0.15) is 26.3 Å². The number of anilines is 1. The lowest BCUT2D eigenvalue weighted by Gasteiger charge is -2.19. The minimum atomic E-state index is 0.0707. The number of rotatable bonds is 2. The number of hydrogen-bond acceptors (Lipinski definition) is 4. The first-order chi connectivity index (χ1) is 8.88. The van der Waals surface area contributed by atoms with Crippen molar-refractivity contribution >= 4 is 21.7 Å². The SMILES string of the molecule is CC(C)(C)c1cccc(Oc2ncnc(N)c2Br)c1. The molecular formula is C14H16BrN3O. The zero-order valence-corrected chi connectivity index (χ0v) is 12.7. The molecule has 2 N–H and O–H groups in total. The fraction of sp³-hybridized carbons (Fsp3) is 0.286. The number of halogens is 1. The Hall–Kier alpha value is -1.62. The van der Waals surface area contributed by atoms with Crippen molar-refractivity contribution in [2.75, 3.05) is 5.73 Å². The van der Waals surface area contributed by atoms with E-state index in [0.29, 0.717) is 16.2 Å². The van der Waals surface area contributed by atoms with Crippen molar-refractivity contribution in [3.63, 3.8) is 0 Å². The zero-order chi connectivity index (χ0) is 14.0. The van der Waals surface area contributed by atoms with Crippen molar-refractivity contribution in [2.45, 2.75) is 26.2 Å². The summed E-state index contributed by atoms with van der Waals surface area (Å²) in [5.41, 5.74) is 6.96. The normalized spacial score (nSPS) is 11.4. The summed E-state index contributed by atoms with van der Waals surface area (Å²) < 4.78 is 6.31. The molecule has 0 fully saturated rings. The van der Waals surface area contributed by atoms with E-state index in [1.54, 1.807) is 0 Å². The molecule has 5 heteroatoms. The fourth-order valence-corrected chi connectivity index (χ4v) is 1.86. The Labute approximate surface area is 121 Å². The molecule has 19 heavy (non-hydrogen) atoms. The maximum Gasteiger partial charge on any atom is 0.238 e. The van der Waals surface area contributed by atoms with Crippen molar-refractivity contribution in [3.05, 3.63) is 40.6 Å². The van der Waals surface area contributed by atoms with Crippen molar-refractivity contribution in [2.24, 2.45) is 0 Å². The van der Waals surface area contributed by atoms with Crippen molar-refractivity contribution < 1.29 is 4.74 Å². The van der Waals surface area contributed by atoms with Crippen LogP contribution in [0, 0.1) is 0 Å². The van der Waals surface area contributed by atoms with Crippen LogP contribution in [0.4, 0.5) is 5.82 Å². The molecule has 0 aliphatic heterocycles. The predicted molar refractivity (Wildman–Crippen MR) is 79.4 cm³/mol. The molecular weight excluding hydrogens is 306 g/mol. The minimum absolute atomic E-state index is 0.0707. The molecule has 100 valence electrons. The molecule has 2 aromatic rings. The number of aromatic nitrogens is 2. The Balaban J connectivity index is 2.31. The third-order valence-electron chi connectivity index (χ3n) is 2.70. The Morgan fingerprint density at radius 2 is 1.95 bits per heavy atom. The topological polar surface area (TPSA) is 61.0 Å². The van der Waals surface area contributed by atoms with Crippen molar-refractivity contribution in [1.82, 2.24) is 9.97 Å². The van der Waals surface area contributed by atoms with E-state index in [1.165, 1.54) is 11.9 Å². The molecule has 1 aromatic heterocycles. The molecule has 0 atom stereocenters. The molecule has 2 rings (SSSR count). The average molecular weight is 322 g/mol. The van der Waals surface area contributed by atoms with E-state index in [4.69, 9.17) is 10.5 Å². The fourth-order valence-electron chi connectivity index (χ4n) is 1.58. The Bertz CT molecular complexity index is 593. The highest BCUT2D eigenvalue weighted by Crippen LogP contribution is 2.32. The number of ether oxygens (including phenoxy) is 1. The van der Waals surface area contributed by atoms with Gasteiger partial charge in [-0.25, -0.2) is 9.97 Å². The van der Waals surface area contributed by atoms with Gasteiger partial charge in [0.25, 0.3) is 0 Å². The molecule has 0 unspecified atom stereocenters. The molecule has 0 aliphatic carbocycles. The van der Waals surface area contributed by atoms with E-state index < -0.39 is 0 Å². The third kappa shape index (κ3) is 3.23. The van der Waals surface area contributed by atoms with E-state index in [-0.39, 0.29) is 5.41 Å². The van der Waals surface area contributed by atoms with Crippen LogP contribution >= 0.6 is 15.9 Å². The molecule has 0 saturated carbocycles. The highest BCUT2D eigenvalue weighted by Gasteiger charge is 2.15. The van der Waals surface area contributed by atoms with Gasteiger partial charge in [0.05, 0.1) is 0 Å². The molecule has 4 nitrogen and oxygen atoms in total. The summed E-state index contributed by atoms with van der Waals surface area (Å²) in [7, 11) is 0. The van der Waals surface area contributed by atoms with Gasteiger partial charge in [0.1, 0.15) is 22.4 Å². The van der Waals surface area contributed by atoms with E-state index in [1.807, 2.05) is 18.2 Å². The Morgan fingerprint density at radius 1 is 1.21 bits per heavy atom. The smallest absolute Gasteiger partial charge is 0.238 e. The summed E-state index contributed by atoms with van der Waals surface area (Å²) in [6.45, 7) is 6.47. The summed E-state index contributed by atoms with van der Waals surface area (Å²) in [6.07, 6.45) is 1.38. The maximum absolute atomic E-state index is 5.75. The first-order valence-electron chi connectivity index (χ1n) is 5.92. The van der Waals surface area contributed by atoms with E-state index in [0.717, 1.165) is 5.75 Å². The molecule has 0 bridgehead atoms. The molecule has 0 spiro atoms. The second kappa shape index (κ2) is 5.17. The highest BCUT2D eigenvalue weighted by molar-refractivity contribution is 9.10. The number of nitrogen functional groups attached to an aromatic ring is 1. The molecule has 0 aliphatic rings. The van der Waals surface area contributed by atoms with E-state index >= 15 is 0 Å². The first kappa shape index (κ1) is 13.8. The van der Waals surface area contributed by atoms with Crippen LogP contribution in [-0.2, 0) is 5.41 Å². The number of hydrogen-bond donors (Lipinski definition) is 1. The van der Waals surface area contributed by atoms with Gasteiger partial charge in [0, 0.05) is 0 Å². The predicted octanol–water partition coefficient (Wildman–Crippen LogP) is 3.91. The Kier molecular flexibility index (Phi) is 3.75. The third-order valence-corrected chi connectivity index (χ3v) is 3.44. The summed E-state index contributed by atoms with van der Waals surface area (Å²) in [6, 6.07) is 7.94. The largest absolute Gasteiger partial charge is 0.438 e. The highest BCUT2D eigenvalue weighted by atomic mass is 79.9. The maximum atomic E-state index is 5.75. The second-order valence-corrected chi connectivity index (χ2v) is 6.05. The van der Waals surface area contributed by atoms with Gasteiger partial charge in [-0.3, -0.25) is 0 Å². The van der Waals surface area contributed by atoms with E-state index in [2.05, 4.69) is 52.7 Å². The van der Waals surface area contributed by atoms with Gasteiger partial charge in [0.15, 0.2) is 0 Å².